The van der Waals surface area contributed by atoms with E-state index in [1.54, 1.807) is 24.7 Å². The molecule has 0 aliphatic carbocycles. The first-order valence-electron chi connectivity index (χ1n) is 17.9. The number of amides is 2. The van der Waals surface area contributed by atoms with Crippen LogP contribution in [0.1, 0.15) is 81.9 Å². The van der Waals surface area contributed by atoms with Gasteiger partial charge in [-0.25, -0.2) is 9.97 Å². The molecule has 4 heterocycles. The summed E-state index contributed by atoms with van der Waals surface area (Å²) in [6.45, 7) is 5.87. The van der Waals surface area contributed by atoms with E-state index in [4.69, 9.17) is 11.6 Å². The Morgan fingerprint density at radius 2 is 1.70 bits per heavy atom. The number of pyridine rings is 1. The molecule has 1 aromatic carbocycles. The number of likely N-dealkylation sites (tertiary alicyclic amines) is 1. The lowest BCUT2D eigenvalue weighted by Crippen LogP contribution is -2.46. The van der Waals surface area contributed by atoms with Gasteiger partial charge in [-0.2, -0.15) is 0 Å². The van der Waals surface area contributed by atoms with Gasteiger partial charge in [0, 0.05) is 37.0 Å². The van der Waals surface area contributed by atoms with E-state index in [9.17, 15) is 9.59 Å². The quantitative estimate of drug-likeness (QED) is 0.0838. The van der Waals surface area contributed by atoms with Gasteiger partial charge in [-0.05, 0) is 50.2 Å². The number of nitrogens with zero attached hydrogens (tertiary/aromatic N) is 5. The zero-order valence-electron chi connectivity index (χ0n) is 28.8. The lowest BCUT2D eigenvalue weighted by Gasteiger charge is -2.38. The Morgan fingerprint density at radius 3 is 2.44 bits per heavy atom. The van der Waals surface area contributed by atoms with Crippen molar-refractivity contribution in [1.29, 1.82) is 0 Å². The van der Waals surface area contributed by atoms with E-state index in [-0.39, 0.29) is 11.8 Å². The summed E-state index contributed by atoms with van der Waals surface area (Å²) in [4.78, 5) is 44.1. The number of alkyl halides is 1. The molecule has 264 valence electrons. The molecule has 2 aliphatic rings. The highest BCUT2D eigenvalue weighted by atomic mass is 79.9. The number of benzene rings is 1. The Kier molecular flexibility index (Phi) is 14.2. The fourth-order valence-electron chi connectivity index (χ4n) is 6.76. The van der Waals surface area contributed by atoms with Crippen molar-refractivity contribution in [2.45, 2.75) is 77.0 Å². The summed E-state index contributed by atoms with van der Waals surface area (Å²) in [6, 6.07) is 12.1. The number of carbonyl (C=O) groups is 2. The monoisotopic (exact) mass is 758 g/mol. The predicted octanol–water partition coefficient (Wildman–Crippen LogP) is 9.50. The highest BCUT2D eigenvalue weighted by Gasteiger charge is 2.49. The molecule has 2 saturated heterocycles. The standard InChI is InChI=1S/C40H48BrClN6O2/c1-2-32(18-13-12-17-31-15-9-8-10-16-31)37-35(42)30-44-39(46-37)45-33-27-34(29-43-28-33)48-26-22-40(38(48)50)20-24-47(25-21-40)36(49)19-11-6-4-3-5-7-14-23-41/h2,8-10,12-13,15-16,18,27-30H,1,3-7,11,14,17,19-26H2,(H,44,45,46)/b13-12-,32-18+. The maximum absolute atomic E-state index is 13.9. The summed E-state index contributed by atoms with van der Waals surface area (Å²) in [6.07, 6.45) is 24.6. The highest BCUT2D eigenvalue weighted by Crippen LogP contribution is 2.43. The van der Waals surface area contributed by atoms with Crippen molar-refractivity contribution in [2.75, 3.05) is 35.2 Å². The number of halogens is 2. The number of aromatic nitrogens is 3. The normalized spacial score (nSPS) is 16.0. The van der Waals surface area contributed by atoms with Crippen LogP contribution in [0.5, 0.6) is 0 Å². The smallest absolute Gasteiger partial charge is 0.233 e. The Bertz CT molecular complexity index is 1650. The topological polar surface area (TPSA) is 91.3 Å². The van der Waals surface area contributed by atoms with Crippen LogP contribution in [0.3, 0.4) is 0 Å². The number of carbonyl (C=O) groups excluding carboxylic acids is 2. The van der Waals surface area contributed by atoms with E-state index in [1.165, 1.54) is 37.7 Å². The van der Waals surface area contributed by atoms with Gasteiger partial charge in [-0.3, -0.25) is 14.6 Å². The van der Waals surface area contributed by atoms with Crippen molar-refractivity contribution in [3.05, 3.63) is 102 Å². The summed E-state index contributed by atoms with van der Waals surface area (Å²) in [7, 11) is 0. The number of nitrogens with one attached hydrogen (secondary N) is 1. The van der Waals surface area contributed by atoms with Crippen molar-refractivity contribution in [2.24, 2.45) is 5.41 Å². The molecule has 5 rings (SSSR count). The molecule has 1 N–H and O–H groups in total. The van der Waals surface area contributed by atoms with Gasteiger partial charge in [0.2, 0.25) is 17.8 Å². The molecule has 2 aliphatic heterocycles. The molecule has 2 fully saturated rings. The van der Waals surface area contributed by atoms with Crippen LogP contribution in [-0.4, -0.2) is 56.6 Å². The van der Waals surface area contributed by atoms with Crippen LogP contribution in [0.4, 0.5) is 17.3 Å². The van der Waals surface area contributed by atoms with Crippen molar-refractivity contribution >= 4 is 62.2 Å². The van der Waals surface area contributed by atoms with E-state index in [0.717, 1.165) is 42.3 Å². The van der Waals surface area contributed by atoms with Crippen LogP contribution in [0.25, 0.3) is 5.57 Å². The molecule has 10 heteroatoms. The molecule has 8 nitrogen and oxygen atoms in total. The Hall–Kier alpha value is -3.82. The second-order valence-corrected chi connectivity index (χ2v) is 14.4. The Morgan fingerprint density at radius 1 is 0.980 bits per heavy atom. The Labute approximate surface area is 310 Å². The van der Waals surface area contributed by atoms with E-state index in [2.05, 4.69) is 61.0 Å². The van der Waals surface area contributed by atoms with Gasteiger partial charge in [-0.1, -0.05) is 121 Å². The van der Waals surface area contributed by atoms with Crippen molar-refractivity contribution in [1.82, 2.24) is 19.9 Å². The van der Waals surface area contributed by atoms with Crippen molar-refractivity contribution in [3.8, 4) is 0 Å². The van der Waals surface area contributed by atoms with E-state index < -0.39 is 5.41 Å². The molecule has 2 aromatic heterocycles. The number of piperidine rings is 1. The van der Waals surface area contributed by atoms with Crippen LogP contribution in [0, 0.1) is 5.41 Å². The van der Waals surface area contributed by atoms with E-state index in [0.29, 0.717) is 61.2 Å². The van der Waals surface area contributed by atoms with Gasteiger partial charge in [-0.15, -0.1) is 0 Å². The molecule has 0 saturated carbocycles. The van der Waals surface area contributed by atoms with E-state index in [1.807, 2.05) is 46.2 Å². The average molecular weight is 760 g/mol. The molecule has 0 atom stereocenters. The lowest BCUT2D eigenvalue weighted by atomic mass is 9.77. The third-order valence-corrected chi connectivity index (χ3v) is 10.6. The number of hydrogen-bond acceptors (Lipinski definition) is 6. The van der Waals surface area contributed by atoms with E-state index >= 15 is 0 Å². The predicted molar refractivity (Wildman–Crippen MR) is 208 cm³/mol. The maximum atomic E-state index is 13.9. The molecule has 1 spiro atoms. The van der Waals surface area contributed by atoms with Crippen molar-refractivity contribution in [3.63, 3.8) is 0 Å². The number of allylic oxidation sites excluding steroid dienone is 5. The second-order valence-electron chi connectivity index (χ2n) is 13.2. The van der Waals surface area contributed by atoms with Gasteiger partial charge >= 0.3 is 0 Å². The van der Waals surface area contributed by atoms with Crippen LogP contribution < -0.4 is 10.2 Å². The van der Waals surface area contributed by atoms with Crippen LogP contribution >= 0.6 is 27.5 Å². The zero-order chi connectivity index (χ0) is 35.2. The molecule has 3 aromatic rings. The third kappa shape index (κ3) is 10.1. The summed E-state index contributed by atoms with van der Waals surface area (Å²) < 4.78 is 0. The lowest BCUT2D eigenvalue weighted by molar-refractivity contribution is -0.137. The second kappa shape index (κ2) is 19.0. The first-order valence-corrected chi connectivity index (χ1v) is 19.4. The van der Waals surface area contributed by atoms with Gasteiger partial charge in [0.05, 0.1) is 46.1 Å². The van der Waals surface area contributed by atoms with Crippen LogP contribution in [-0.2, 0) is 16.0 Å². The summed E-state index contributed by atoms with van der Waals surface area (Å²) in [5.74, 6) is 0.706. The fourth-order valence-corrected chi connectivity index (χ4v) is 7.36. The average Bonchev–Trinajstić information content (AvgIpc) is 3.45. The maximum Gasteiger partial charge on any atom is 0.233 e. The first-order chi connectivity index (χ1) is 24.4. The minimum atomic E-state index is -0.424. The largest absolute Gasteiger partial charge is 0.343 e. The number of unbranched alkanes of at least 4 members (excludes halogenated alkanes) is 6. The molecular formula is C40H48BrClN6O2. The zero-order valence-corrected chi connectivity index (χ0v) is 31.2. The first kappa shape index (κ1) is 37.4. The van der Waals surface area contributed by atoms with Crippen molar-refractivity contribution < 1.29 is 9.59 Å². The molecule has 2 amide bonds. The molecule has 0 bridgehead atoms. The summed E-state index contributed by atoms with van der Waals surface area (Å²) in [5.41, 5.74) is 3.52. The SMILES string of the molecule is C=C/C(=C\C=C/Cc1ccccc1)c1nc(Nc2cncc(N3CCC4(CCN(C(=O)CCCCCCCCCBr)CC4)C3=O)c2)ncc1Cl. The molecule has 0 radical (unpaired) electrons. The van der Waals surface area contributed by atoms with Gasteiger partial charge in [0.25, 0.3) is 0 Å². The highest BCUT2D eigenvalue weighted by molar-refractivity contribution is 9.09. The van der Waals surface area contributed by atoms with Gasteiger partial charge < -0.3 is 15.1 Å². The Balaban J connectivity index is 1.14. The van der Waals surface area contributed by atoms with Gasteiger partial charge in [0.15, 0.2) is 0 Å². The summed E-state index contributed by atoms with van der Waals surface area (Å²) >= 11 is 10.00. The van der Waals surface area contributed by atoms with Crippen LogP contribution in [0.2, 0.25) is 5.02 Å². The fraction of sp³-hybridized carbons (Fsp3) is 0.425. The third-order valence-electron chi connectivity index (χ3n) is 9.75. The molecule has 0 unspecified atom stereocenters. The number of anilines is 3. The van der Waals surface area contributed by atoms with Gasteiger partial charge in [0.1, 0.15) is 0 Å². The van der Waals surface area contributed by atoms with Crippen LogP contribution in [0.15, 0.2) is 85.9 Å². The minimum Gasteiger partial charge on any atom is -0.343 e. The number of rotatable bonds is 17. The minimum absolute atomic E-state index is 0.120. The molecular weight excluding hydrogens is 712 g/mol. The summed E-state index contributed by atoms with van der Waals surface area (Å²) in [5, 5.41) is 4.73. The number of hydrogen-bond donors (Lipinski definition) is 1. The molecule has 50 heavy (non-hydrogen) atoms.